The highest BCUT2D eigenvalue weighted by molar-refractivity contribution is 5.38. The van der Waals surface area contributed by atoms with Gasteiger partial charge in [-0.3, -0.25) is 0 Å². The predicted molar refractivity (Wildman–Crippen MR) is 60.4 cm³/mol. The molecule has 5 nitrogen and oxygen atoms in total. The van der Waals surface area contributed by atoms with Gasteiger partial charge in [0.1, 0.15) is 11.6 Å². The molecule has 0 saturated carbocycles. The van der Waals surface area contributed by atoms with Crippen LogP contribution in [0.2, 0.25) is 0 Å². The second kappa shape index (κ2) is 4.93. The van der Waals surface area contributed by atoms with Crippen LogP contribution in [-0.2, 0) is 0 Å². The number of rotatable bonds is 5. The Morgan fingerprint density at radius 3 is 2.67 bits per heavy atom. The summed E-state index contributed by atoms with van der Waals surface area (Å²) in [6, 6.07) is 3.49. The summed E-state index contributed by atoms with van der Waals surface area (Å²) < 4.78 is 0. The van der Waals surface area contributed by atoms with Gasteiger partial charge in [-0.15, -0.1) is 10.2 Å². The number of aliphatic hydroxyl groups is 1. The van der Waals surface area contributed by atoms with Gasteiger partial charge in [0.05, 0.1) is 0 Å². The monoisotopic (exact) mass is 210 g/mol. The number of nitrogens with one attached hydrogen (secondary N) is 1. The summed E-state index contributed by atoms with van der Waals surface area (Å²) in [5, 5.41) is 19.7. The van der Waals surface area contributed by atoms with Crippen molar-refractivity contribution in [1.29, 1.82) is 0 Å². The molecular weight excluding hydrogens is 192 g/mol. The lowest BCUT2D eigenvalue weighted by molar-refractivity contribution is 0.220. The van der Waals surface area contributed by atoms with Gasteiger partial charge in [-0.25, -0.2) is 0 Å². The number of aromatic nitrogens is 2. The molecule has 0 bridgehead atoms. The molecule has 0 saturated heterocycles. The lowest BCUT2D eigenvalue weighted by Crippen LogP contribution is -2.24. The van der Waals surface area contributed by atoms with Crippen molar-refractivity contribution in [3.05, 3.63) is 12.1 Å². The number of hydrogen-bond donors (Lipinski definition) is 3. The Kier molecular flexibility index (Phi) is 3.85. The van der Waals surface area contributed by atoms with E-state index < -0.39 is 0 Å². The van der Waals surface area contributed by atoms with Gasteiger partial charge < -0.3 is 16.2 Å². The summed E-state index contributed by atoms with van der Waals surface area (Å²) in [7, 11) is 0. The second-order valence-corrected chi connectivity index (χ2v) is 4.33. The molecule has 5 heteroatoms. The van der Waals surface area contributed by atoms with Crippen LogP contribution in [0.5, 0.6) is 0 Å². The smallest absolute Gasteiger partial charge is 0.148 e. The van der Waals surface area contributed by atoms with Crippen molar-refractivity contribution < 1.29 is 5.11 Å². The number of nitrogens with zero attached hydrogens (tertiary/aromatic N) is 2. The van der Waals surface area contributed by atoms with Crippen LogP contribution < -0.4 is 11.1 Å². The Bertz CT molecular complexity index is 297. The first-order valence-corrected chi connectivity index (χ1v) is 4.97. The molecule has 0 amide bonds. The van der Waals surface area contributed by atoms with E-state index in [0.29, 0.717) is 11.6 Å². The first kappa shape index (κ1) is 11.7. The molecule has 1 aromatic heterocycles. The van der Waals surface area contributed by atoms with E-state index in [0.717, 1.165) is 13.0 Å². The number of anilines is 2. The molecule has 0 atom stereocenters. The summed E-state index contributed by atoms with van der Waals surface area (Å²) >= 11 is 0. The Balaban J connectivity index is 2.46. The van der Waals surface area contributed by atoms with Crippen molar-refractivity contribution in [2.45, 2.75) is 20.3 Å². The van der Waals surface area contributed by atoms with E-state index in [1.165, 1.54) is 0 Å². The summed E-state index contributed by atoms with van der Waals surface area (Å²) in [6.45, 7) is 5.11. The molecule has 0 aromatic carbocycles. The Hall–Kier alpha value is -1.36. The number of nitrogen functional groups attached to an aromatic ring is 1. The zero-order valence-electron chi connectivity index (χ0n) is 9.20. The Morgan fingerprint density at radius 1 is 1.40 bits per heavy atom. The van der Waals surface area contributed by atoms with E-state index in [1.54, 1.807) is 12.1 Å². The average Bonchev–Trinajstić information content (AvgIpc) is 2.17. The normalized spacial score (nSPS) is 11.4. The maximum atomic E-state index is 8.86. The van der Waals surface area contributed by atoms with Gasteiger partial charge in [0.2, 0.25) is 0 Å². The Labute approximate surface area is 89.7 Å². The quantitative estimate of drug-likeness (QED) is 0.672. The highest BCUT2D eigenvalue weighted by atomic mass is 16.3. The SMILES string of the molecule is CC(C)(CCO)CNc1ccc(N)nn1. The molecule has 4 N–H and O–H groups in total. The standard InChI is InChI=1S/C10H18N4O/c1-10(2,5-6-15)7-12-9-4-3-8(11)13-14-9/h3-4,15H,5-7H2,1-2H3,(H2,11,13)(H,12,14). The number of hydrogen-bond acceptors (Lipinski definition) is 5. The van der Waals surface area contributed by atoms with Gasteiger partial charge in [-0.05, 0) is 24.0 Å². The van der Waals surface area contributed by atoms with Crippen molar-refractivity contribution in [3.63, 3.8) is 0 Å². The molecule has 84 valence electrons. The van der Waals surface area contributed by atoms with Crippen molar-refractivity contribution in [3.8, 4) is 0 Å². The topological polar surface area (TPSA) is 84.1 Å². The van der Waals surface area contributed by atoms with E-state index >= 15 is 0 Å². The molecule has 1 aromatic rings. The van der Waals surface area contributed by atoms with E-state index in [9.17, 15) is 0 Å². The number of nitrogens with two attached hydrogens (primary N) is 1. The van der Waals surface area contributed by atoms with Crippen molar-refractivity contribution >= 4 is 11.6 Å². The van der Waals surface area contributed by atoms with Crippen LogP contribution in [0.1, 0.15) is 20.3 Å². The van der Waals surface area contributed by atoms with Gasteiger partial charge in [0.15, 0.2) is 0 Å². The van der Waals surface area contributed by atoms with Gasteiger partial charge in [-0.2, -0.15) is 0 Å². The van der Waals surface area contributed by atoms with E-state index in [2.05, 4.69) is 29.4 Å². The van der Waals surface area contributed by atoms with Crippen molar-refractivity contribution in [2.24, 2.45) is 5.41 Å². The molecule has 0 fully saturated rings. The largest absolute Gasteiger partial charge is 0.396 e. The van der Waals surface area contributed by atoms with E-state index in [4.69, 9.17) is 10.8 Å². The summed E-state index contributed by atoms with van der Waals surface area (Å²) in [4.78, 5) is 0. The maximum Gasteiger partial charge on any atom is 0.148 e. The minimum atomic E-state index is 0.0395. The van der Waals surface area contributed by atoms with Gasteiger partial charge in [-0.1, -0.05) is 13.8 Å². The predicted octanol–water partition coefficient (Wildman–Crippen LogP) is 0.879. The average molecular weight is 210 g/mol. The maximum absolute atomic E-state index is 8.86. The van der Waals surface area contributed by atoms with Crippen molar-refractivity contribution in [2.75, 3.05) is 24.2 Å². The van der Waals surface area contributed by atoms with Crippen LogP contribution in [0.3, 0.4) is 0 Å². The third-order valence-corrected chi connectivity index (χ3v) is 2.22. The minimum absolute atomic E-state index is 0.0395. The lowest BCUT2D eigenvalue weighted by atomic mass is 9.90. The van der Waals surface area contributed by atoms with Crippen LogP contribution in [0.25, 0.3) is 0 Å². The second-order valence-electron chi connectivity index (χ2n) is 4.33. The van der Waals surface area contributed by atoms with Crippen LogP contribution in [0.15, 0.2) is 12.1 Å². The third kappa shape index (κ3) is 4.12. The van der Waals surface area contributed by atoms with Crippen molar-refractivity contribution in [1.82, 2.24) is 10.2 Å². The highest BCUT2D eigenvalue weighted by Crippen LogP contribution is 2.19. The molecule has 1 rings (SSSR count). The third-order valence-electron chi connectivity index (χ3n) is 2.22. The summed E-state index contributed by atoms with van der Waals surface area (Å²) in [5.41, 5.74) is 5.46. The zero-order chi connectivity index (χ0) is 11.3. The zero-order valence-corrected chi connectivity index (χ0v) is 9.20. The molecule has 0 radical (unpaired) electrons. The summed E-state index contributed by atoms with van der Waals surface area (Å²) in [5.74, 6) is 1.12. The first-order valence-electron chi connectivity index (χ1n) is 4.97. The summed E-state index contributed by atoms with van der Waals surface area (Å²) in [6.07, 6.45) is 0.752. The molecule has 0 aliphatic heterocycles. The molecular formula is C10H18N4O. The molecule has 15 heavy (non-hydrogen) atoms. The Morgan fingerprint density at radius 2 is 2.13 bits per heavy atom. The number of aliphatic hydroxyl groups excluding tert-OH is 1. The molecule has 0 spiro atoms. The molecule has 0 aliphatic rings. The first-order chi connectivity index (χ1) is 7.03. The van der Waals surface area contributed by atoms with Gasteiger partial charge in [0.25, 0.3) is 0 Å². The van der Waals surface area contributed by atoms with Gasteiger partial charge >= 0.3 is 0 Å². The van der Waals surface area contributed by atoms with Gasteiger partial charge in [0, 0.05) is 13.2 Å². The van der Waals surface area contributed by atoms with Crippen LogP contribution in [-0.4, -0.2) is 28.5 Å². The molecule has 0 aliphatic carbocycles. The van der Waals surface area contributed by atoms with E-state index in [1.807, 2.05) is 0 Å². The van der Waals surface area contributed by atoms with Crippen LogP contribution in [0.4, 0.5) is 11.6 Å². The fourth-order valence-corrected chi connectivity index (χ4v) is 1.16. The molecule has 0 unspecified atom stereocenters. The fraction of sp³-hybridized carbons (Fsp3) is 0.600. The van der Waals surface area contributed by atoms with E-state index in [-0.39, 0.29) is 12.0 Å². The highest BCUT2D eigenvalue weighted by Gasteiger charge is 2.16. The fourth-order valence-electron chi connectivity index (χ4n) is 1.16. The minimum Gasteiger partial charge on any atom is -0.396 e. The van der Waals surface area contributed by atoms with Crippen LogP contribution >= 0.6 is 0 Å². The van der Waals surface area contributed by atoms with Crippen LogP contribution in [0, 0.1) is 5.41 Å². The molecule has 1 heterocycles. The lowest BCUT2D eigenvalue weighted by Gasteiger charge is -2.23.